The van der Waals surface area contributed by atoms with Crippen LogP contribution >= 0.6 is 0 Å². The van der Waals surface area contributed by atoms with Crippen LogP contribution in [-0.4, -0.2) is 74.0 Å². The molecule has 1 atom stereocenters. The van der Waals surface area contributed by atoms with Gasteiger partial charge in [0, 0.05) is 30.7 Å². The number of ether oxygens (including phenoxy) is 3. The van der Waals surface area contributed by atoms with Crippen LogP contribution in [0.1, 0.15) is 13.8 Å². The van der Waals surface area contributed by atoms with Crippen LogP contribution in [0.3, 0.4) is 0 Å². The largest absolute Gasteiger partial charge is 0.466 e. The summed E-state index contributed by atoms with van der Waals surface area (Å²) in [5, 5.41) is 10.3. The molecule has 0 spiro atoms. The normalized spacial score (nSPS) is 17.0. The third kappa shape index (κ3) is 5.99. The van der Waals surface area contributed by atoms with E-state index in [1.165, 1.54) is 12.0 Å². The van der Waals surface area contributed by atoms with Crippen LogP contribution in [0.25, 0.3) is 0 Å². The minimum atomic E-state index is -1.31. The molecule has 0 aromatic rings. The lowest BCUT2D eigenvalue weighted by molar-refractivity contribution is -0.157. The molecule has 0 aromatic heterocycles. The highest BCUT2D eigenvalue weighted by molar-refractivity contribution is 5.91. The Balaban J connectivity index is 2.53. The Hall–Kier alpha value is -1.93. The Morgan fingerprint density at radius 2 is 1.78 bits per heavy atom. The Kier molecular flexibility index (Phi) is 7.18. The number of hydrogen-bond acceptors (Lipinski definition) is 7. The Morgan fingerprint density at radius 1 is 1.22 bits per heavy atom. The molecule has 130 valence electrons. The summed E-state index contributed by atoms with van der Waals surface area (Å²) in [7, 11) is 1.19. The Bertz CT molecular complexity index is 466. The van der Waals surface area contributed by atoms with E-state index in [-0.39, 0.29) is 6.61 Å². The maximum atomic E-state index is 12.2. The van der Waals surface area contributed by atoms with Crippen LogP contribution in [-0.2, 0) is 28.6 Å². The summed E-state index contributed by atoms with van der Waals surface area (Å²) in [6.07, 6.45) is 0.556. The topological polar surface area (TPSA) is 102 Å². The van der Waals surface area contributed by atoms with Crippen molar-refractivity contribution in [3.8, 4) is 0 Å². The van der Waals surface area contributed by atoms with Gasteiger partial charge < -0.3 is 24.2 Å². The van der Waals surface area contributed by atoms with E-state index >= 15 is 0 Å². The zero-order valence-electron chi connectivity index (χ0n) is 13.6. The number of rotatable bonds is 6. The van der Waals surface area contributed by atoms with Gasteiger partial charge in [0.05, 0.1) is 26.9 Å². The summed E-state index contributed by atoms with van der Waals surface area (Å²) in [6.45, 7) is 4.79. The first kappa shape index (κ1) is 19.1. The smallest absolute Gasteiger partial charge is 0.331 e. The van der Waals surface area contributed by atoms with Gasteiger partial charge in [0.25, 0.3) is 5.91 Å². The van der Waals surface area contributed by atoms with E-state index in [1.54, 1.807) is 13.8 Å². The van der Waals surface area contributed by atoms with E-state index < -0.39 is 29.4 Å². The molecule has 1 saturated heterocycles. The molecule has 8 nitrogen and oxygen atoms in total. The summed E-state index contributed by atoms with van der Waals surface area (Å²) >= 11 is 0. The SMILES string of the molecule is COC(=O)/C=C/C(=O)OCC(C)(C)[C@H](O)C(=O)N1CCOCC1. The molecule has 1 fully saturated rings. The first-order valence-electron chi connectivity index (χ1n) is 7.25. The number of aliphatic hydroxyl groups excluding tert-OH is 1. The zero-order valence-corrected chi connectivity index (χ0v) is 13.6. The quantitative estimate of drug-likeness (QED) is 0.518. The highest BCUT2D eigenvalue weighted by atomic mass is 16.5. The van der Waals surface area contributed by atoms with Gasteiger partial charge in [-0.05, 0) is 0 Å². The number of amides is 1. The number of carbonyl (C=O) groups excluding carboxylic acids is 3. The van der Waals surface area contributed by atoms with Crippen molar-refractivity contribution in [1.82, 2.24) is 4.90 Å². The summed E-state index contributed by atoms with van der Waals surface area (Å²) in [4.78, 5) is 36.1. The average Bonchev–Trinajstić information content (AvgIpc) is 2.57. The highest BCUT2D eigenvalue weighted by Gasteiger charge is 2.37. The number of morpholine rings is 1. The van der Waals surface area contributed by atoms with Crippen molar-refractivity contribution in [2.24, 2.45) is 5.41 Å². The fourth-order valence-corrected chi connectivity index (χ4v) is 1.88. The van der Waals surface area contributed by atoms with Gasteiger partial charge in [-0.2, -0.15) is 0 Å². The summed E-state index contributed by atoms with van der Waals surface area (Å²) in [5.74, 6) is -1.85. The first-order chi connectivity index (χ1) is 10.8. The number of aliphatic hydroxyl groups is 1. The molecule has 1 rings (SSSR count). The minimum absolute atomic E-state index is 0.172. The van der Waals surface area contributed by atoms with E-state index in [0.717, 1.165) is 12.2 Å². The standard InChI is InChI=1S/C15H23NO7/c1-15(2,10-23-12(18)5-4-11(17)21-3)13(19)14(20)16-6-8-22-9-7-16/h4-5,13,19H,6-10H2,1-3H3/b5-4+/t13-/m1/s1. The van der Waals surface area contributed by atoms with Crippen LogP contribution in [0.2, 0.25) is 0 Å². The molecule has 0 aliphatic carbocycles. The zero-order chi connectivity index (χ0) is 17.5. The molecule has 0 aromatic carbocycles. The summed E-state index contributed by atoms with van der Waals surface area (Å²) < 4.78 is 14.5. The van der Waals surface area contributed by atoms with Crippen LogP contribution < -0.4 is 0 Å². The van der Waals surface area contributed by atoms with E-state index in [2.05, 4.69) is 4.74 Å². The van der Waals surface area contributed by atoms with Gasteiger partial charge in [-0.1, -0.05) is 13.8 Å². The van der Waals surface area contributed by atoms with Crippen LogP contribution in [0.4, 0.5) is 0 Å². The predicted octanol–water partition coefficient (Wildman–Crippen LogP) is -0.495. The van der Waals surface area contributed by atoms with Crippen molar-refractivity contribution in [2.45, 2.75) is 20.0 Å². The molecule has 0 unspecified atom stereocenters. The third-order valence-electron chi connectivity index (χ3n) is 3.44. The fourth-order valence-electron chi connectivity index (χ4n) is 1.88. The van der Waals surface area contributed by atoms with Gasteiger partial charge in [0.2, 0.25) is 0 Å². The second kappa shape index (κ2) is 8.64. The van der Waals surface area contributed by atoms with Gasteiger partial charge in [-0.15, -0.1) is 0 Å². The lowest BCUT2D eigenvalue weighted by Gasteiger charge is -2.34. The molecule has 1 heterocycles. The maximum absolute atomic E-state index is 12.2. The lowest BCUT2D eigenvalue weighted by atomic mass is 9.86. The second-order valence-electron chi connectivity index (χ2n) is 5.79. The van der Waals surface area contributed by atoms with E-state index in [1.807, 2.05) is 0 Å². The van der Waals surface area contributed by atoms with E-state index in [4.69, 9.17) is 9.47 Å². The molecule has 0 bridgehead atoms. The number of methoxy groups -OCH3 is 1. The Labute approximate surface area is 135 Å². The minimum Gasteiger partial charge on any atom is -0.466 e. The van der Waals surface area contributed by atoms with Gasteiger partial charge in [0.1, 0.15) is 6.10 Å². The van der Waals surface area contributed by atoms with Gasteiger partial charge in [0.15, 0.2) is 0 Å². The second-order valence-corrected chi connectivity index (χ2v) is 5.79. The summed E-state index contributed by atoms with van der Waals surface area (Å²) in [5.41, 5.74) is -0.968. The molecule has 8 heteroatoms. The van der Waals surface area contributed by atoms with Crippen molar-refractivity contribution in [2.75, 3.05) is 40.0 Å². The molecule has 1 aliphatic rings. The molecule has 0 saturated carbocycles. The third-order valence-corrected chi connectivity index (χ3v) is 3.44. The van der Waals surface area contributed by atoms with Crippen molar-refractivity contribution >= 4 is 17.8 Å². The number of esters is 2. The lowest BCUT2D eigenvalue weighted by Crippen LogP contribution is -2.51. The predicted molar refractivity (Wildman–Crippen MR) is 79.3 cm³/mol. The Morgan fingerprint density at radius 3 is 2.35 bits per heavy atom. The maximum Gasteiger partial charge on any atom is 0.331 e. The average molecular weight is 329 g/mol. The molecule has 1 N–H and O–H groups in total. The molecule has 23 heavy (non-hydrogen) atoms. The number of hydrogen-bond donors (Lipinski definition) is 1. The van der Waals surface area contributed by atoms with Crippen molar-refractivity contribution in [1.29, 1.82) is 0 Å². The van der Waals surface area contributed by atoms with Crippen LogP contribution in [0, 0.1) is 5.41 Å². The van der Waals surface area contributed by atoms with Crippen molar-refractivity contribution in [3.63, 3.8) is 0 Å². The van der Waals surface area contributed by atoms with Crippen molar-refractivity contribution in [3.05, 3.63) is 12.2 Å². The van der Waals surface area contributed by atoms with Gasteiger partial charge in [-0.25, -0.2) is 9.59 Å². The van der Waals surface area contributed by atoms with Gasteiger partial charge in [-0.3, -0.25) is 4.79 Å². The number of carbonyl (C=O) groups is 3. The first-order valence-corrected chi connectivity index (χ1v) is 7.25. The van der Waals surface area contributed by atoms with Gasteiger partial charge >= 0.3 is 11.9 Å². The molecule has 1 aliphatic heterocycles. The number of nitrogens with zero attached hydrogens (tertiary/aromatic N) is 1. The fraction of sp³-hybridized carbons (Fsp3) is 0.667. The van der Waals surface area contributed by atoms with Crippen LogP contribution in [0.5, 0.6) is 0 Å². The van der Waals surface area contributed by atoms with E-state index in [9.17, 15) is 19.5 Å². The summed E-state index contributed by atoms with van der Waals surface area (Å²) in [6, 6.07) is 0. The highest BCUT2D eigenvalue weighted by Crippen LogP contribution is 2.23. The molecular weight excluding hydrogens is 306 g/mol. The monoisotopic (exact) mass is 329 g/mol. The molecular formula is C15H23NO7. The van der Waals surface area contributed by atoms with Crippen LogP contribution in [0.15, 0.2) is 12.2 Å². The van der Waals surface area contributed by atoms with E-state index in [0.29, 0.717) is 26.3 Å². The van der Waals surface area contributed by atoms with Crippen molar-refractivity contribution < 1.29 is 33.7 Å². The molecule has 1 amide bonds. The molecule has 0 radical (unpaired) electrons.